The molecule has 1 aromatic carbocycles. The number of carbonyl (C=O) groups excluding carboxylic acids is 1. The summed E-state index contributed by atoms with van der Waals surface area (Å²) in [6.45, 7) is 2.60. The molecule has 5 heteroatoms. The maximum atomic E-state index is 12.3. The number of hydrogen-bond donors (Lipinski definition) is 1. The number of hydrogen-bond acceptors (Lipinski definition) is 3. The molecule has 1 N–H and O–H groups in total. The van der Waals surface area contributed by atoms with Gasteiger partial charge in [0.15, 0.2) is 6.04 Å². The Bertz CT molecular complexity index is 518. The predicted octanol–water partition coefficient (Wildman–Crippen LogP) is 2.73. The molecule has 0 radical (unpaired) electrons. The van der Waals surface area contributed by atoms with Crippen molar-refractivity contribution in [3.05, 3.63) is 35.4 Å². The maximum Gasteiger partial charge on any atom is 0.331 e. The van der Waals surface area contributed by atoms with Gasteiger partial charge in [0, 0.05) is 6.54 Å². The monoisotopic (exact) mass is 307 g/mol. The van der Waals surface area contributed by atoms with Crippen molar-refractivity contribution in [1.29, 1.82) is 0 Å². The third-order valence-corrected chi connectivity index (χ3v) is 4.73. The van der Waals surface area contributed by atoms with Crippen LogP contribution in [0.25, 0.3) is 0 Å². The lowest BCUT2D eigenvalue weighted by atomic mass is 9.92. The molecule has 0 spiro atoms. The van der Waals surface area contributed by atoms with Gasteiger partial charge >= 0.3 is 5.97 Å². The number of carboxylic acid groups (broad SMARTS) is 1. The van der Waals surface area contributed by atoms with E-state index in [4.69, 9.17) is 0 Å². The molecule has 0 fully saturated rings. The van der Waals surface area contributed by atoms with Crippen LogP contribution in [0.5, 0.6) is 0 Å². The first-order chi connectivity index (χ1) is 10.1. The summed E-state index contributed by atoms with van der Waals surface area (Å²) in [5, 5.41) is 9.51. The normalized spacial score (nSPS) is 17.4. The Morgan fingerprint density at radius 3 is 2.86 bits per heavy atom. The molecule has 1 unspecified atom stereocenters. The highest BCUT2D eigenvalue weighted by Crippen LogP contribution is 2.30. The van der Waals surface area contributed by atoms with Crippen LogP contribution in [0.2, 0.25) is 0 Å². The number of aliphatic carboxylic acids is 1. The van der Waals surface area contributed by atoms with Crippen LogP contribution in [0.15, 0.2) is 24.3 Å². The summed E-state index contributed by atoms with van der Waals surface area (Å²) in [6.07, 6.45) is 2.92. The van der Waals surface area contributed by atoms with Crippen molar-refractivity contribution in [1.82, 2.24) is 4.90 Å². The van der Waals surface area contributed by atoms with Crippen LogP contribution in [0.4, 0.5) is 0 Å². The zero-order valence-electron chi connectivity index (χ0n) is 12.2. The molecule has 0 saturated carbocycles. The zero-order chi connectivity index (χ0) is 15.2. The van der Waals surface area contributed by atoms with Gasteiger partial charge in [-0.15, -0.1) is 0 Å². The van der Waals surface area contributed by atoms with Crippen LogP contribution in [0.1, 0.15) is 36.9 Å². The van der Waals surface area contributed by atoms with E-state index >= 15 is 0 Å². The minimum absolute atomic E-state index is 0.0713. The van der Waals surface area contributed by atoms with Gasteiger partial charge in [-0.05, 0) is 29.7 Å². The number of amides is 1. The van der Waals surface area contributed by atoms with Gasteiger partial charge in [0.2, 0.25) is 5.91 Å². The van der Waals surface area contributed by atoms with Gasteiger partial charge in [-0.25, -0.2) is 4.79 Å². The molecule has 0 aliphatic carbocycles. The molecule has 0 aromatic heterocycles. The van der Waals surface area contributed by atoms with Crippen LogP contribution < -0.4 is 0 Å². The highest BCUT2D eigenvalue weighted by atomic mass is 32.2. The standard InChI is InChI=1S/C16H21NO3S/c1-2-3-10-21-11-14(18)17-9-8-12-6-4-5-7-13(12)15(17)16(19)20/h4-7,15H,2-3,8-11H2,1H3,(H,19,20). The van der Waals surface area contributed by atoms with Gasteiger partial charge in [0.1, 0.15) is 0 Å². The second kappa shape index (κ2) is 7.50. The van der Waals surface area contributed by atoms with E-state index < -0.39 is 12.0 Å². The molecule has 0 saturated heterocycles. The minimum Gasteiger partial charge on any atom is -0.479 e. The van der Waals surface area contributed by atoms with E-state index in [0.717, 1.165) is 36.1 Å². The van der Waals surface area contributed by atoms with E-state index in [2.05, 4.69) is 6.92 Å². The summed E-state index contributed by atoms with van der Waals surface area (Å²) in [6, 6.07) is 6.67. The van der Waals surface area contributed by atoms with Crippen molar-refractivity contribution in [3.63, 3.8) is 0 Å². The number of fused-ring (bicyclic) bond motifs is 1. The van der Waals surface area contributed by atoms with Gasteiger partial charge in [-0.2, -0.15) is 11.8 Å². The molecule has 1 atom stereocenters. The van der Waals surface area contributed by atoms with Crippen LogP contribution in [0, 0.1) is 0 Å². The lowest BCUT2D eigenvalue weighted by Gasteiger charge is -2.34. The Kier molecular flexibility index (Phi) is 5.67. The molecule has 1 aliphatic rings. The summed E-state index contributed by atoms with van der Waals surface area (Å²) in [7, 11) is 0. The van der Waals surface area contributed by atoms with Gasteiger partial charge in [0.05, 0.1) is 5.75 Å². The van der Waals surface area contributed by atoms with Crippen LogP contribution in [-0.4, -0.2) is 39.9 Å². The molecule has 21 heavy (non-hydrogen) atoms. The van der Waals surface area contributed by atoms with Crippen LogP contribution >= 0.6 is 11.8 Å². The SMILES string of the molecule is CCCCSCC(=O)N1CCc2ccccc2C1C(=O)O. The Hall–Kier alpha value is -1.49. The van der Waals surface area contributed by atoms with Crippen molar-refractivity contribution < 1.29 is 14.7 Å². The van der Waals surface area contributed by atoms with E-state index in [1.54, 1.807) is 11.8 Å². The summed E-state index contributed by atoms with van der Waals surface area (Å²) in [4.78, 5) is 25.5. The maximum absolute atomic E-state index is 12.3. The molecule has 4 nitrogen and oxygen atoms in total. The first-order valence-corrected chi connectivity index (χ1v) is 8.48. The number of benzene rings is 1. The Balaban J connectivity index is 2.09. The Morgan fingerprint density at radius 1 is 1.38 bits per heavy atom. The lowest BCUT2D eigenvalue weighted by Crippen LogP contribution is -2.44. The van der Waals surface area contributed by atoms with E-state index in [0.29, 0.717) is 12.3 Å². The summed E-state index contributed by atoms with van der Waals surface area (Å²) >= 11 is 1.59. The van der Waals surface area contributed by atoms with Crippen LogP contribution in [0.3, 0.4) is 0 Å². The second-order valence-electron chi connectivity index (χ2n) is 5.18. The highest BCUT2D eigenvalue weighted by molar-refractivity contribution is 7.99. The molecule has 1 aliphatic heterocycles. The van der Waals surface area contributed by atoms with Crippen molar-refractivity contribution in [3.8, 4) is 0 Å². The largest absolute Gasteiger partial charge is 0.479 e. The van der Waals surface area contributed by atoms with E-state index in [-0.39, 0.29) is 5.91 Å². The van der Waals surface area contributed by atoms with Crippen molar-refractivity contribution in [2.45, 2.75) is 32.2 Å². The first kappa shape index (κ1) is 15.9. The fourth-order valence-corrected chi connectivity index (χ4v) is 3.57. The van der Waals surface area contributed by atoms with Crippen molar-refractivity contribution in [2.75, 3.05) is 18.1 Å². The molecule has 1 aromatic rings. The van der Waals surface area contributed by atoms with Crippen LogP contribution in [-0.2, 0) is 16.0 Å². The number of unbranched alkanes of at least 4 members (excludes halogenated alkanes) is 1. The number of carbonyl (C=O) groups is 2. The molecule has 0 bridgehead atoms. The molecular weight excluding hydrogens is 286 g/mol. The summed E-state index contributed by atoms with van der Waals surface area (Å²) in [5.74, 6) is 0.295. The predicted molar refractivity (Wildman–Crippen MR) is 84.5 cm³/mol. The van der Waals surface area contributed by atoms with Crippen molar-refractivity contribution in [2.24, 2.45) is 0 Å². The summed E-state index contributed by atoms with van der Waals surface area (Å²) in [5.41, 5.74) is 1.79. The Morgan fingerprint density at radius 2 is 2.14 bits per heavy atom. The number of nitrogens with zero attached hydrogens (tertiary/aromatic N) is 1. The molecule has 2 rings (SSSR count). The fourth-order valence-electron chi connectivity index (χ4n) is 2.59. The summed E-state index contributed by atoms with van der Waals surface area (Å²) < 4.78 is 0. The first-order valence-electron chi connectivity index (χ1n) is 7.33. The molecular formula is C16H21NO3S. The quantitative estimate of drug-likeness (QED) is 0.821. The van der Waals surface area contributed by atoms with Gasteiger partial charge in [0.25, 0.3) is 0 Å². The third kappa shape index (κ3) is 3.79. The lowest BCUT2D eigenvalue weighted by molar-refractivity contribution is -0.150. The van der Waals surface area contributed by atoms with E-state index in [9.17, 15) is 14.7 Å². The van der Waals surface area contributed by atoms with Gasteiger partial charge in [-0.3, -0.25) is 4.79 Å². The minimum atomic E-state index is -0.950. The van der Waals surface area contributed by atoms with Crippen molar-refractivity contribution >= 4 is 23.6 Å². The molecule has 114 valence electrons. The average Bonchev–Trinajstić information content (AvgIpc) is 2.50. The number of rotatable bonds is 6. The van der Waals surface area contributed by atoms with E-state index in [1.807, 2.05) is 24.3 Å². The average molecular weight is 307 g/mol. The molecule has 1 heterocycles. The number of thioether (sulfide) groups is 1. The van der Waals surface area contributed by atoms with Gasteiger partial charge in [-0.1, -0.05) is 37.6 Å². The number of carboxylic acids is 1. The third-order valence-electron chi connectivity index (χ3n) is 3.71. The van der Waals surface area contributed by atoms with E-state index in [1.165, 1.54) is 4.90 Å². The molecule has 1 amide bonds. The Labute approximate surface area is 129 Å². The van der Waals surface area contributed by atoms with Gasteiger partial charge < -0.3 is 10.0 Å². The smallest absolute Gasteiger partial charge is 0.331 e. The second-order valence-corrected chi connectivity index (χ2v) is 6.29. The zero-order valence-corrected chi connectivity index (χ0v) is 13.1. The fraction of sp³-hybridized carbons (Fsp3) is 0.500. The topological polar surface area (TPSA) is 57.6 Å². The highest BCUT2D eigenvalue weighted by Gasteiger charge is 2.35.